The van der Waals surface area contributed by atoms with E-state index in [1.54, 1.807) is 18.9 Å². The minimum Gasteiger partial charge on any atom is -0.395 e. The van der Waals surface area contributed by atoms with E-state index in [1.165, 1.54) is 4.31 Å². The summed E-state index contributed by atoms with van der Waals surface area (Å²) in [7, 11) is -1.80. The first kappa shape index (κ1) is 20.6. The number of amides is 1. The van der Waals surface area contributed by atoms with Gasteiger partial charge in [-0.3, -0.25) is 4.79 Å². The Bertz CT molecular complexity index is 758. The van der Waals surface area contributed by atoms with Gasteiger partial charge in [-0.2, -0.15) is 4.31 Å². The predicted octanol–water partition coefficient (Wildman–Crippen LogP) is 1.68. The van der Waals surface area contributed by atoms with E-state index in [4.69, 9.17) is 0 Å². The molecule has 26 heavy (non-hydrogen) atoms. The van der Waals surface area contributed by atoms with Crippen molar-refractivity contribution in [2.75, 3.05) is 26.5 Å². The smallest absolute Gasteiger partial charge is 0.222 e. The fourth-order valence-electron chi connectivity index (χ4n) is 3.72. The Morgan fingerprint density at radius 3 is 2.35 bits per heavy atom. The molecule has 1 aliphatic rings. The fraction of sp³-hybridized carbons (Fsp3) is 0.526. The second-order valence-corrected chi connectivity index (χ2v) is 8.62. The Kier molecular flexibility index (Phi) is 6.60. The zero-order valence-corrected chi connectivity index (χ0v) is 16.6. The molecule has 0 spiro atoms. The molecule has 0 unspecified atom stereocenters. The van der Waals surface area contributed by atoms with Crippen LogP contribution in [0.25, 0.3) is 6.08 Å². The molecular weight excluding hydrogens is 352 g/mol. The van der Waals surface area contributed by atoms with Gasteiger partial charge in [0.15, 0.2) is 0 Å². The predicted molar refractivity (Wildman–Crippen MR) is 103 cm³/mol. The summed E-state index contributed by atoms with van der Waals surface area (Å²) in [5.41, 5.74) is 2.03. The number of likely N-dealkylation sites (N-methyl/N-ethyl adjacent to an activating group) is 1. The summed E-state index contributed by atoms with van der Waals surface area (Å²) in [6, 6.07) is 7.01. The van der Waals surface area contributed by atoms with Crippen LogP contribution in [0, 0.1) is 0 Å². The lowest BCUT2D eigenvalue weighted by molar-refractivity contribution is -0.131. The number of benzene rings is 1. The van der Waals surface area contributed by atoms with Gasteiger partial charge >= 0.3 is 0 Å². The number of hydrogen-bond acceptors (Lipinski definition) is 4. The summed E-state index contributed by atoms with van der Waals surface area (Å²) in [5, 5.41) is 9.80. The molecule has 2 rings (SSSR count). The molecule has 0 bridgehead atoms. The van der Waals surface area contributed by atoms with Gasteiger partial charge in [-0.05, 0) is 18.1 Å². The molecule has 0 saturated carbocycles. The number of allylic oxidation sites excluding steroid dienone is 1. The van der Waals surface area contributed by atoms with Gasteiger partial charge in [0.25, 0.3) is 0 Å². The van der Waals surface area contributed by atoms with Gasteiger partial charge in [0.05, 0.1) is 24.9 Å². The van der Waals surface area contributed by atoms with E-state index in [0.29, 0.717) is 13.0 Å². The van der Waals surface area contributed by atoms with Crippen LogP contribution in [0.15, 0.2) is 30.3 Å². The van der Waals surface area contributed by atoms with Crippen molar-refractivity contribution in [2.45, 2.75) is 38.3 Å². The van der Waals surface area contributed by atoms with Crippen LogP contribution in [0.3, 0.4) is 0 Å². The van der Waals surface area contributed by atoms with Gasteiger partial charge in [-0.25, -0.2) is 8.42 Å². The van der Waals surface area contributed by atoms with Crippen molar-refractivity contribution in [1.29, 1.82) is 0 Å². The van der Waals surface area contributed by atoms with Crippen LogP contribution < -0.4 is 0 Å². The van der Waals surface area contributed by atoms with E-state index in [9.17, 15) is 18.3 Å². The van der Waals surface area contributed by atoms with Crippen LogP contribution >= 0.6 is 0 Å². The average molecular weight is 381 g/mol. The van der Waals surface area contributed by atoms with E-state index in [0.717, 1.165) is 17.4 Å². The van der Waals surface area contributed by atoms with Gasteiger partial charge in [0, 0.05) is 25.9 Å². The number of aliphatic hydroxyl groups excluding tert-OH is 1. The van der Waals surface area contributed by atoms with Crippen LogP contribution in [0.4, 0.5) is 0 Å². The molecule has 1 saturated heterocycles. The third kappa shape index (κ3) is 4.16. The SMILES string of the molecule is C/C=C/c1ccc([C@@H]2[C@H](CO)N(S(C)(=O)=O)[C@H]2CN(C)C(=O)CC)cc1. The maximum absolute atomic E-state index is 12.2. The van der Waals surface area contributed by atoms with Gasteiger partial charge in [-0.1, -0.05) is 43.3 Å². The number of hydrogen-bond donors (Lipinski definition) is 1. The van der Waals surface area contributed by atoms with Gasteiger partial charge in [-0.15, -0.1) is 0 Å². The summed E-state index contributed by atoms with van der Waals surface area (Å²) >= 11 is 0. The van der Waals surface area contributed by atoms with Crippen molar-refractivity contribution in [1.82, 2.24) is 9.21 Å². The highest BCUT2D eigenvalue weighted by atomic mass is 32.2. The molecule has 1 amide bonds. The second kappa shape index (κ2) is 8.33. The molecule has 1 N–H and O–H groups in total. The molecule has 7 heteroatoms. The summed E-state index contributed by atoms with van der Waals surface area (Å²) in [5.74, 6) is -0.186. The van der Waals surface area contributed by atoms with Crippen molar-refractivity contribution in [3.63, 3.8) is 0 Å². The third-order valence-corrected chi connectivity index (χ3v) is 6.23. The molecule has 0 radical (unpaired) electrons. The highest BCUT2D eigenvalue weighted by Gasteiger charge is 2.53. The zero-order chi connectivity index (χ0) is 19.5. The normalized spacial score (nSPS) is 23.8. The molecule has 0 aromatic heterocycles. The van der Waals surface area contributed by atoms with E-state index < -0.39 is 16.1 Å². The topological polar surface area (TPSA) is 77.9 Å². The molecular formula is C19H28N2O4S. The van der Waals surface area contributed by atoms with Crippen LogP contribution in [0.5, 0.6) is 0 Å². The molecule has 1 aliphatic heterocycles. The van der Waals surface area contributed by atoms with Crippen LogP contribution in [-0.4, -0.2) is 67.2 Å². The Morgan fingerprint density at radius 1 is 1.27 bits per heavy atom. The fourth-order valence-corrected chi connectivity index (χ4v) is 5.10. The standard InChI is InChI=1S/C19H28N2O4S/c1-5-7-14-8-10-15(11-9-14)19-16(12-20(3)18(23)6-2)21(17(19)13-22)26(4,24)25/h5,7-11,16-17,19,22H,6,12-13H2,1-4H3/b7-5+/t16-,17-,19-/m0/s1. The van der Waals surface area contributed by atoms with E-state index >= 15 is 0 Å². The highest BCUT2D eigenvalue weighted by Crippen LogP contribution is 2.42. The minimum absolute atomic E-state index is 0.0342. The third-order valence-electron chi connectivity index (χ3n) is 4.92. The number of nitrogens with zero attached hydrogens (tertiary/aromatic N) is 2. The van der Waals surface area contributed by atoms with Gasteiger partial charge in [0.1, 0.15) is 0 Å². The molecule has 1 fully saturated rings. The van der Waals surface area contributed by atoms with Crippen LogP contribution in [-0.2, 0) is 14.8 Å². The highest BCUT2D eigenvalue weighted by molar-refractivity contribution is 7.88. The van der Waals surface area contributed by atoms with E-state index in [1.807, 2.05) is 43.3 Å². The summed E-state index contributed by atoms with van der Waals surface area (Å²) in [6.45, 7) is 3.78. The van der Waals surface area contributed by atoms with Crippen LogP contribution in [0.2, 0.25) is 0 Å². The molecule has 1 aromatic carbocycles. The number of carbonyl (C=O) groups is 1. The molecule has 3 atom stereocenters. The number of rotatable bonds is 7. The van der Waals surface area contributed by atoms with Crippen LogP contribution in [0.1, 0.15) is 37.3 Å². The molecule has 1 heterocycles. The number of aliphatic hydroxyl groups is 1. The average Bonchev–Trinajstić information content (AvgIpc) is 2.57. The summed E-state index contributed by atoms with van der Waals surface area (Å²) < 4.78 is 25.8. The zero-order valence-electron chi connectivity index (χ0n) is 15.8. The van der Waals surface area contributed by atoms with Gasteiger partial charge in [0.2, 0.25) is 15.9 Å². The lowest BCUT2D eigenvalue weighted by Gasteiger charge is -2.54. The molecule has 0 aliphatic carbocycles. The Hall–Kier alpha value is -1.70. The first-order valence-corrected chi connectivity index (χ1v) is 10.6. The van der Waals surface area contributed by atoms with Crippen molar-refractivity contribution in [3.8, 4) is 0 Å². The quantitative estimate of drug-likeness (QED) is 0.781. The number of sulfonamides is 1. The molecule has 1 aromatic rings. The monoisotopic (exact) mass is 380 g/mol. The first-order valence-electron chi connectivity index (χ1n) is 8.80. The summed E-state index contributed by atoms with van der Waals surface area (Å²) in [4.78, 5) is 13.5. The Morgan fingerprint density at radius 2 is 1.88 bits per heavy atom. The Balaban J connectivity index is 2.35. The molecule has 6 nitrogen and oxygen atoms in total. The Labute approximate surface area is 156 Å². The largest absolute Gasteiger partial charge is 0.395 e. The van der Waals surface area contributed by atoms with Crippen molar-refractivity contribution >= 4 is 22.0 Å². The second-order valence-electron chi connectivity index (χ2n) is 6.73. The number of carbonyl (C=O) groups excluding carboxylic acids is 1. The van der Waals surface area contributed by atoms with E-state index in [2.05, 4.69) is 0 Å². The van der Waals surface area contributed by atoms with Crippen molar-refractivity contribution < 1.29 is 18.3 Å². The maximum atomic E-state index is 12.2. The summed E-state index contributed by atoms with van der Waals surface area (Å²) in [6.07, 6.45) is 5.46. The minimum atomic E-state index is -3.49. The molecule has 144 valence electrons. The first-order chi connectivity index (χ1) is 12.2. The lowest BCUT2D eigenvalue weighted by atomic mass is 9.77. The van der Waals surface area contributed by atoms with E-state index in [-0.39, 0.29) is 24.5 Å². The maximum Gasteiger partial charge on any atom is 0.222 e. The van der Waals surface area contributed by atoms with Crippen molar-refractivity contribution in [3.05, 3.63) is 41.5 Å². The van der Waals surface area contributed by atoms with Gasteiger partial charge < -0.3 is 10.0 Å². The van der Waals surface area contributed by atoms with Crippen molar-refractivity contribution in [2.24, 2.45) is 0 Å². The lowest BCUT2D eigenvalue weighted by Crippen LogP contribution is -2.68.